The minimum atomic E-state index is -3.67. The van der Waals surface area contributed by atoms with Crippen LogP contribution in [0.3, 0.4) is 0 Å². The molecule has 1 aromatic rings. The second-order valence-corrected chi connectivity index (χ2v) is 10.3. The summed E-state index contributed by atoms with van der Waals surface area (Å²) in [4.78, 5) is 25.3. The topological polar surface area (TPSA) is 92.8 Å². The van der Waals surface area contributed by atoms with E-state index in [4.69, 9.17) is 16.3 Å². The summed E-state index contributed by atoms with van der Waals surface area (Å²) in [6.45, 7) is 2.78. The lowest BCUT2D eigenvalue weighted by Crippen LogP contribution is -2.55. The second-order valence-electron chi connectivity index (χ2n) is 7.95. The number of carbonyl (C=O) groups excluding carboxylic acids is 2. The summed E-state index contributed by atoms with van der Waals surface area (Å²) < 4.78 is 32.0. The summed E-state index contributed by atoms with van der Waals surface area (Å²) in [5.74, 6) is -1.31. The molecular formula is C20H27ClN2O5S. The molecule has 3 rings (SSSR count). The third-order valence-corrected chi connectivity index (χ3v) is 8.20. The molecule has 1 N–H and O–H groups in total. The van der Waals surface area contributed by atoms with Gasteiger partial charge in [0, 0.05) is 13.1 Å². The number of halogens is 1. The standard InChI is InChI=1S/C20H27ClN2O5S/c1-20(10-4-3-7-16(20)19(25)28-2)22-18(24)15-13-14(8-9-17(15)21)29(26,27)23-11-5-6-12-23/h8-9,13,16H,3-7,10-12H2,1-2H3,(H,22,24). The van der Waals surface area contributed by atoms with E-state index in [2.05, 4.69) is 5.32 Å². The maximum absolute atomic E-state index is 13.0. The summed E-state index contributed by atoms with van der Waals surface area (Å²) in [5.41, 5.74) is -0.697. The Morgan fingerprint density at radius 3 is 2.55 bits per heavy atom. The van der Waals surface area contributed by atoms with Crippen molar-refractivity contribution in [3.05, 3.63) is 28.8 Å². The van der Waals surface area contributed by atoms with Crippen LogP contribution >= 0.6 is 11.6 Å². The van der Waals surface area contributed by atoms with Gasteiger partial charge in [0.15, 0.2) is 0 Å². The lowest BCUT2D eigenvalue weighted by Gasteiger charge is -2.40. The van der Waals surface area contributed by atoms with Gasteiger partial charge in [0.2, 0.25) is 10.0 Å². The number of esters is 1. The molecule has 2 atom stereocenters. The minimum Gasteiger partial charge on any atom is -0.469 e. The fourth-order valence-corrected chi connectivity index (χ4v) is 5.99. The monoisotopic (exact) mass is 442 g/mol. The van der Waals surface area contributed by atoms with Gasteiger partial charge in [0.1, 0.15) is 0 Å². The highest BCUT2D eigenvalue weighted by molar-refractivity contribution is 7.89. The van der Waals surface area contributed by atoms with Crippen molar-refractivity contribution in [2.75, 3.05) is 20.2 Å². The third kappa shape index (κ3) is 4.44. The Balaban J connectivity index is 1.88. The van der Waals surface area contributed by atoms with Crippen LogP contribution in [0.5, 0.6) is 0 Å². The SMILES string of the molecule is COC(=O)C1CCCCC1(C)NC(=O)c1cc(S(=O)(=O)N2CCCC2)ccc1Cl. The Labute approximate surface area is 176 Å². The number of methoxy groups -OCH3 is 1. The number of hydrogen-bond donors (Lipinski definition) is 1. The zero-order valence-corrected chi connectivity index (χ0v) is 18.3. The lowest BCUT2D eigenvalue weighted by molar-refractivity contribution is -0.149. The van der Waals surface area contributed by atoms with Crippen molar-refractivity contribution in [1.29, 1.82) is 0 Å². The first kappa shape index (κ1) is 22.1. The summed E-state index contributed by atoms with van der Waals surface area (Å²) >= 11 is 6.23. The summed E-state index contributed by atoms with van der Waals surface area (Å²) in [6, 6.07) is 4.18. The molecule has 1 amide bonds. The molecule has 1 aliphatic carbocycles. The maximum atomic E-state index is 13.0. The van der Waals surface area contributed by atoms with Gasteiger partial charge >= 0.3 is 5.97 Å². The molecule has 160 valence electrons. The van der Waals surface area contributed by atoms with Gasteiger partial charge in [-0.2, -0.15) is 4.31 Å². The Morgan fingerprint density at radius 2 is 1.90 bits per heavy atom. The van der Waals surface area contributed by atoms with E-state index in [0.29, 0.717) is 25.9 Å². The zero-order chi connectivity index (χ0) is 21.2. The van der Waals surface area contributed by atoms with Crippen LogP contribution in [0.15, 0.2) is 23.1 Å². The lowest BCUT2D eigenvalue weighted by atomic mass is 9.73. The molecule has 1 saturated carbocycles. The highest BCUT2D eigenvalue weighted by atomic mass is 35.5. The molecule has 29 heavy (non-hydrogen) atoms. The third-order valence-electron chi connectivity index (χ3n) is 5.98. The van der Waals surface area contributed by atoms with Crippen LogP contribution in [0.25, 0.3) is 0 Å². The van der Waals surface area contributed by atoms with Gasteiger partial charge in [0.25, 0.3) is 5.91 Å². The number of ether oxygens (including phenoxy) is 1. The summed E-state index contributed by atoms with van der Waals surface area (Å²) in [6.07, 6.45) is 4.67. The number of nitrogens with one attached hydrogen (secondary N) is 1. The second kappa shape index (κ2) is 8.62. The van der Waals surface area contributed by atoms with Crippen molar-refractivity contribution < 1.29 is 22.7 Å². The average molecular weight is 443 g/mol. The van der Waals surface area contributed by atoms with Crippen LogP contribution in [0, 0.1) is 5.92 Å². The number of hydrogen-bond acceptors (Lipinski definition) is 5. The molecule has 2 unspecified atom stereocenters. The molecule has 1 aliphatic heterocycles. The number of nitrogens with zero attached hydrogens (tertiary/aromatic N) is 1. The number of rotatable bonds is 5. The number of carbonyl (C=O) groups is 2. The van der Waals surface area contributed by atoms with Crippen LogP contribution in [0.2, 0.25) is 5.02 Å². The first-order chi connectivity index (χ1) is 13.7. The van der Waals surface area contributed by atoms with Crippen molar-refractivity contribution in [2.24, 2.45) is 5.92 Å². The van der Waals surface area contributed by atoms with Gasteiger partial charge in [-0.1, -0.05) is 24.4 Å². The average Bonchev–Trinajstić information content (AvgIpc) is 3.23. The van der Waals surface area contributed by atoms with Gasteiger partial charge in [-0.25, -0.2) is 8.42 Å². The molecule has 2 aliphatic rings. The van der Waals surface area contributed by atoms with Crippen LogP contribution < -0.4 is 5.32 Å². The molecule has 1 aromatic carbocycles. The summed E-state index contributed by atoms with van der Waals surface area (Å²) in [7, 11) is -2.33. The number of amides is 1. The van der Waals surface area contributed by atoms with E-state index >= 15 is 0 Å². The van der Waals surface area contributed by atoms with E-state index in [1.807, 2.05) is 6.92 Å². The first-order valence-electron chi connectivity index (χ1n) is 9.89. The molecule has 0 aromatic heterocycles. The van der Waals surface area contributed by atoms with E-state index in [1.54, 1.807) is 0 Å². The van der Waals surface area contributed by atoms with Crippen molar-refractivity contribution >= 4 is 33.5 Å². The van der Waals surface area contributed by atoms with Crippen LogP contribution in [0.1, 0.15) is 55.8 Å². The Kier molecular flexibility index (Phi) is 6.55. The van der Waals surface area contributed by atoms with E-state index in [9.17, 15) is 18.0 Å². The van der Waals surface area contributed by atoms with Crippen molar-refractivity contribution in [2.45, 2.75) is 55.9 Å². The van der Waals surface area contributed by atoms with Crippen molar-refractivity contribution in [3.8, 4) is 0 Å². The van der Waals surface area contributed by atoms with E-state index in [1.165, 1.54) is 29.6 Å². The molecule has 7 nitrogen and oxygen atoms in total. The number of benzene rings is 1. The smallest absolute Gasteiger partial charge is 0.311 e. The van der Waals surface area contributed by atoms with Gasteiger partial charge in [-0.3, -0.25) is 9.59 Å². The Morgan fingerprint density at radius 1 is 1.21 bits per heavy atom. The van der Waals surface area contributed by atoms with Crippen LogP contribution in [-0.2, 0) is 19.6 Å². The minimum absolute atomic E-state index is 0.0484. The van der Waals surface area contributed by atoms with E-state index < -0.39 is 27.4 Å². The van der Waals surface area contributed by atoms with Gasteiger partial charge in [-0.05, 0) is 50.8 Å². The van der Waals surface area contributed by atoms with Gasteiger partial charge in [-0.15, -0.1) is 0 Å². The zero-order valence-electron chi connectivity index (χ0n) is 16.7. The predicted molar refractivity (Wildman–Crippen MR) is 109 cm³/mol. The largest absolute Gasteiger partial charge is 0.469 e. The van der Waals surface area contributed by atoms with E-state index in [0.717, 1.165) is 25.7 Å². The molecule has 9 heteroatoms. The highest BCUT2D eigenvalue weighted by Gasteiger charge is 2.43. The summed E-state index contributed by atoms with van der Waals surface area (Å²) in [5, 5.41) is 3.10. The van der Waals surface area contributed by atoms with Gasteiger partial charge in [0.05, 0.1) is 34.0 Å². The van der Waals surface area contributed by atoms with E-state index in [-0.39, 0.29) is 21.5 Å². The molecule has 0 spiro atoms. The Hall–Kier alpha value is -1.64. The van der Waals surface area contributed by atoms with Crippen LogP contribution in [-0.4, -0.2) is 50.3 Å². The fraction of sp³-hybridized carbons (Fsp3) is 0.600. The quantitative estimate of drug-likeness (QED) is 0.707. The highest BCUT2D eigenvalue weighted by Crippen LogP contribution is 2.35. The molecular weight excluding hydrogens is 416 g/mol. The Bertz CT molecular complexity index is 898. The van der Waals surface area contributed by atoms with Crippen molar-refractivity contribution in [1.82, 2.24) is 9.62 Å². The molecule has 0 bridgehead atoms. The van der Waals surface area contributed by atoms with Crippen LogP contribution in [0.4, 0.5) is 0 Å². The molecule has 0 radical (unpaired) electrons. The van der Waals surface area contributed by atoms with Crippen molar-refractivity contribution in [3.63, 3.8) is 0 Å². The number of sulfonamides is 1. The molecule has 1 heterocycles. The fourth-order valence-electron chi connectivity index (χ4n) is 4.25. The molecule has 1 saturated heterocycles. The predicted octanol–water partition coefficient (Wildman–Crippen LogP) is 2.98. The maximum Gasteiger partial charge on any atom is 0.311 e. The first-order valence-corrected chi connectivity index (χ1v) is 11.7. The van der Waals surface area contributed by atoms with Gasteiger partial charge < -0.3 is 10.1 Å². The normalized spacial score (nSPS) is 25.6. The molecule has 2 fully saturated rings.